The van der Waals surface area contributed by atoms with Gasteiger partial charge in [0.2, 0.25) is 11.3 Å². The second kappa shape index (κ2) is 16.3. The summed E-state index contributed by atoms with van der Waals surface area (Å²) in [5.41, 5.74) is 5.28. The number of carboxylic acids is 1. The van der Waals surface area contributed by atoms with Crippen molar-refractivity contribution in [2.24, 2.45) is 0 Å². The summed E-state index contributed by atoms with van der Waals surface area (Å²) in [5.74, 6) is -1.99. The number of hydrogen-bond acceptors (Lipinski definition) is 9. The number of imide groups is 1. The first-order chi connectivity index (χ1) is 23.7. The van der Waals surface area contributed by atoms with Crippen LogP contribution in [-0.4, -0.2) is 81.4 Å². The van der Waals surface area contributed by atoms with E-state index in [1.165, 1.54) is 6.92 Å². The van der Waals surface area contributed by atoms with E-state index in [4.69, 9.17) is 9.25 Å². The van der Waals surface area contributed by atoms with Gasteiger partial charge >= 0.3 is 5.97 Å². The van der Waals surface area contributed by atoms with Crippen LogP contribution < -0.4 is 19.9 Å². The highest BCUT2D eigenvalue weighted by Crippen LogP contribution is 2.42. The van der Waals surface area contributed by atoms with Crippen molar-refractivity contribution in [2.75, 3.05) is 46.7 Å². The number of anilines is 1. The summed E-state index contributed by atoms with van der Waals surface area (Å²) in [6.07, 6.45) is 2.52. The molecule has 3 amide bonds. The molecule has 1 fully saturated rings. The number of rotatable bonds is 10. The van der Waals surface area contributed by atoms with Crippen LogP contribution in [0.2, 0.25) is 0 Å². The number of aromatic carboxylic acids is 1. The average molecular weight is 685 g/mol. The molecule has 1 aliphatic carbocycles. The lowest BCUT2D eigenvalue weighted by Crippen LogP contribution is -2.31. The number of carbonyl (C=O) groups excluding carboxylic acids is 5. The number of aryl methyl sites for hydroxylation is 1. The van der Waals surface area contributed by atoms with Gasteiger partial charge in [0, 0.05) is 93.3 Å². The van der Waals surface area contributed by atoms with Crippen molar-refractivity contribution in [1.82, 2.24) is 14.5 Å². The van der Waals surface area contributed by atoms with Crippen molar-refractivity contribution >= 4 is 46.3 Å². The van der Waals surface area contributed by atoms with Gasteiger partial charge in [-0.05, 0) is 43.5 Å². The standard InChI is InChI=1S/C25H24N2O3.C13H20N2O5/c1-15-12-20-23(14-21(15)27(4)5)30-22-13-16(26(2)3)10-11-19(22)24(20)17-8-6-7-9-18(17)25(28)29;1-10(16)14(2)9-5-3-4-6-13(19)20-15-11(17)7-8-12(15)18/h6-14H,1-5H3;3-9H2,1-2H3. The van der Waals surface area contributed by atoms with Crippen LogP contribution in [0, 0.1) is 6.92 Å². The molecule has 264 valence electrons. The van der Waals surface area contributed by atoms with Crippen LogP contribution in [0.25, 0.3) is 33.4 Å². The minimum absolute atomic E-state index is 0.00969. The Morgan fingerprint density at radius 1 is 0.920 bits per heavy atom. The Kier molecular flexibility index (Phi) is 12.1. The number of unbranched alkanes of at least 4 members (excludes halogenated alkanes) is 2. The van der Waals surface area contributed by atoms with Crippen LogP contribution in [0.3, 0.4) is 0 Å². The molecule has 0 saturated carbocycles. The van der Waals surface area contributed by atoms with E-state index < -0.39 is 23.8 Å². The third-order valence-corrected chi connectivity index (χ3v) is 8.55. The molecule has 0 N–H and O–H groups in total. The van der Waals surface area contributed by atoms with Gasteiger partial charge in [-0.25, -0.2) is 9.37 Å². The quantitative estimate of drug-likeness (QED) is 0.106. The van der Waals surface area contributed by atoms with Gasteiger partial charge in [-0.15, -0.1) is 5.06 Å². The van der Waals surface area contributed by atoms with Crippen molar-refractivity contribution in [3.63, 3.8) is 0 Å². The van der Waals surface area contributed by atoms with Crippen molar-refractivity contribution in [3.8, 4) is 22.5 Å². The molecule has 0 spiro atoms. The molecule has 2 aromatic carbocycles. The van der Waals surface area contributed by atoms with E-state index in [1.54, 1.807) is 24.1 Å². The molecule has 2 heterocycles. The van der Waals surface area contributed by atoms with Crippen molar-refractivity contribution in [3.05, 3.63) is 71.1 Å². The second-order valence-electron chi connectivity index (χ2n) is 12.7. The summed E-state index contributed by atoms with van der Waals surface area (Å²) in [5, 5.41) is 14.3. The second-order valence-corrected chi connectivity index (χ2v) is 12.7. The molecule has 0 atom stereocenters. The zero-order chi connectivity index (χ0) is 36.7. The third-order valence-electron chi connectivity index (χ3n) is 8.55. The minimum atomic E-state index is -1.20. The van der Waals surface area contributed by atoms with E-state index in [-0.39, 0.29) is 30.7 Å². The monoisotopic (exact) mass is 684 g/mol. The molecule has 12 heteroatoms. The van der Waals surface area contributed by atoms with Gasteiger partial charge in [0.15, 0.2) is 0 Å². The Morgan fingerprint density at radius 3 is 2.22 bits per heavy atom. The summed E-state index contributed by atoms with van der Waals surface area (Å²) in [4.78, 5) is 65.1. The highest BCUT2D eigenvalue weighted by Gasteiger charge is 2.32. The molecular formula is C38H44N4O8. The zero-order valence-corrected chi connectivity index (χ0v) is 29.7. The molecule has 0 unspecified atom stereocenters. The van der Waals surface area contributed by atoms with Crippen LogP contribution in [0.15, 0.2) is 59.0 Å². The number of nitrogens with zero attached hydrogens (tertiary/aromatic N) is 4. The van der Waals surface area contributed by atoms with Gasteiger partial charge in [0.25, 0.3) is 11.8 Å². The maximum Gasteiger partial charge on any atom is 0.333 e. The SMILES string of the molecule is CC(=O)N(C)CCCCCC(=O)ON1C(=O)CCC1=O.Cc1cc2c(-c3ccccc3C(=O)[O-])c3ccc(N(C)C)cc3oc-2cc1=[N+](C)C. The molecule has 0 aromatic heterocycles. The van der Waals surface area contributed by atoms with Crippen molar-refractivity contribution in [2.45, 2.75) is 52.4 Å². The summed E-state index contributed by atoms with van der Waals surface area (Å²) in [6.45, 7) is 4.19. The maximum atomic E-state index is 11.9. The molecular weight excluding hydrogens is 640 g/mol. The highest BCUT2D eigenvalue weighted by atomic mass is 16.7. The number of fused-ring (bicyclic) bond motifs is 2. The molecule has 0 radical (unpaired) electrons. The summed E-state index contributed by atoms with van der Waals surface area (Å²) >= 11 is 0. The first-order valence-electron chi connectivity index (χ1n) is 16.5. The van der Waals surface area contributed by atoms with Crippen molar-refractivity contribution < 1.29 is 38.3 Å². The molecule has 2 aromatic rings. The topological polar surface area (TPSA) is 144 Å². The van der Waals surface area contributed by atoms with Crippen LogP contribution in [0.5, 0.6) is 0 Å². The molecule has 3 aliphatic rings. The van der Waals surface area contributed by atoms with Gasteiger partial charge in [-0.3, -0.25) is 14.4 Å². The average Bonchev–Trinajstić information content (AvgIpc) is 3.38. The lowest BCUT2D eigenvalue weighted by Gasteiger charge is -2.20. The number of hydroxylamine groups is 2. The maximum absolute atomic E-state index is 11.9. The fourth-order valence-corrected chi connectivity index (χ4v) is 5.71. The minimum Gasteiger partial charge on any atom is -0.545 e. The van der Waals surface area contributed by atoms with Crippen LogP contribution in [-0.2, 0) is 24.0 Å². The lowest BCUT2D eigenvalue weighted by atomic mass is 9.90. The van der Waals surface area contributed by atoms with E-state index in [0.29, 0.717) is 34.9 Å². The summed E-state index contributed by atoms with van der Waals surface area (Å²) in [7, 11) is 9.66. The van der Waals surface area contributed by atoms with Gasteiger partial charge < -0.3 is 29.0 Å². The molecule has 12 nitrogen and oxygen atoms in total. The predicted octanol–water partition coefficient (Wildman–Crippen LogP) is 3.61. The Balaban J connectivity index is 0.000000246. The number of carboxylic acid groups (broad SMARTS) is 1. The van der Waals surface area contributed by atoms with E-state index in [2.05, 4.69) is 6.07 Å². The predicted molar refractivity (Wildman–Crippen MR) is 188 cm³/mol. The Morgan fingerprint density at radius 2 is 1.60 bits per heavy atom. The molecule has 2 aliphatic heterocycles. The first-order valence-corrected chi connectivity index (χ1v) is 16.5. The van der Waals surface area contributed by atoms with Gasteiger partial charge in [-0.2, -0.15) is 0 Å². The third kappa shape index (κ3) is 8.73. The lowest BCUT2D eigenvalue weighted by molar-refractivity contribution is -0.255. The zero-order valence-electron chi connectivity index (χ0n) is 29.7. The molecule has 0 bridgehead atoms. The van der Waals surface area contributed by atoms with Crippen LogP contribution in [0.1, 0.15) is 61.4 Å². The summed E-state index contributed by atoms with van der Waals surface area (Å²) in [6, 6.07) is 17.0. The van der Waals surface area contributed by atoms with E-state index in [9.17, 15) is 29.1 Å². The summed E-state index contributed by atoms with van der Waals surface area (Å²) < 4.78 is 8.37. The van der Waals surface area contributed by atoms with E-state index in [0.717, 1.165) is 46.0 Å². The number of amides is 3. The fourth-order valence-electron chi connectivity index (χ4n) is 5.71. The Bertz CT molecular complexity index is 1960. The Labute approximate surface area is 291 Å². The fraction of sp³-hybridized carbons (Fsp3) is 0.368. The van der Waals surface area contributed by atoms with Gasteiger partial charge in [-0.1, -0.05) is 30.7 Å². The van der Waals surface area contributed by atoms with Crippen LogP contribution in [0.4, 0.5) is 5.69 Å². The molecule has 5 rings (SSSR count). The smallest absolute Gasteiger partial charge is 0.333 e. The first kappa shape index (κ1) is 37.3. The highest BCUT2D eigenvalue weighted by molar-refractivity contribution is 6.07. The van der Waals surface area contributed by atoms with E-state index in [1.807, 2.05) is 81.0 Å². The number of carbonyl (C=O) groups is 5. The number of benzene rings is 3. The van der Waals surface area contributed by atoms with Crippen molar-refractivity contribution in [1.29, 1.82) is 0 Å². The van der Waals surface area contributed by atoms with Crippen LogP contribution >= 0.6 is 0 Å². The van der Waals surface area contributed by atoms with Gasteiger partial charge in [0.1, 0.15) is 25.4 Å². The largest absolute Gasteiger partial charge is 0.545 e. The van der Waals surface area contributed by atoms with Gasteiger partial charge in [0.05, 0.1) is 12.0 Å². The Hall–Kier alpha value is -5.52. The molecule has 1 saturated heterocycles. The van der Waals surface area contributed by atoms with E-state index >= 15 is 0 Å². The normalized spacial score (nSPS) is 12.5. The molecule has 50 heavy (non-hydrogen) atoms. The number of hydrogen-bond donors (Lipinski definition) is 0.